The fraction of sp³-hybridized carbons (Fsp3) is 0.556. The predicted octanol–water partition coefficient (Wildman–Crippen LogP) is 1.61. The average Bonchev–Trinajstić information content (AvgIpc) is 2.55. The van der Waals surface area contributed by atoms with Gasteiger partial charge >= 0.3 is 0 Å². The van der Waals surface area contributed by atoms with E-state index in [2.05, 4.69) is 4.98 Å². The summed E-state index contributed by atoms with van der Waals surface area (Å²) in [5.41, 5.74) is 2.87. The minimum atomic E-state index is -0.477. The highest BCUT2D eigenvalue weighted by atomic mass is 16.3. The molecular formula is C9H13NO. The molecule has 0 bridgehead atoms. The van der Waals surface area contributed by atoms with Crippen LogP contribution in [0, 0.1) is 13.8 Å². The van der Waals surface area contributed by atoms with Crippen molar-refractivity contribution in [3.8, 4) is 0 Å². The van der Waals surface area contributed by atoms with Gasteiger partial charge in [-0.1, -0.05) is 0 Å². The molecule has 1 heterocycles. The summed E-state index contributed by atoms with van der Waals surface area (Å²) in [4.78, 5) is 3.19. The number of aromatic amines is 1. The van der Waals surface area contributed by atoms with Crippen LogP contribution in [0.3, 0.4) is 0 Å². The van der Waals surface area contributed by atoms with Crippen molar-refractivity contribution >= 4 is 0 Å². The van der Waals surface area contributed by atoms with E-state index in [1.807, 2.05) is 19.9 Å². The monoisotopic (exact) mass is 151 g/mol. The standard InChI is InChI=1S/C9H13NO/c1-6-5-8(7(2)10-6)9(11)3-4-9/h5,10-11H,3-4H2,1-2H3. The Kier molecular flexibility index (Phi) is 1.19. The predicted molar refractivity (Wildman–Crippen MR) is 43.4 cm³/mol. The normalized spacial score (nSPS) is 20.3. The molecule has 0 amide bonds. The summed E-state index contributed by atoms with van der Waals surface area (Å²) >= 11 is 0. The zero-order chi connectivity index (χ0) is 8.06. The van der Waals surface area contributed by atoms with E-state index in [0.29, 0.717) is 0 Å². The quantitative estimate of drug-likeness (QED) is 0.628. The van der Waals surface area contributed by atoms with Crippen LogP contribution in [0.15, 0.2) is 6.07 Å². The number of hydrogen-bond donors (Lipinski definition) is 2. The summed E-state index contributed by atoms with van der Waals surface area (Å²) in [6, 6.07) is 2.04. The van der Waals surface area contributed by atoms with Crippen LogP contribution < -0.4 is 0 Å². The van der Waals surface area contributed by atoms with Gasteiger partial charge in [0.25, 0.3) is 0 Å². The van der Waals surface area contributed by atoms with Crippen molar-refractivity contribution in [2.45, 2.75) is 32.3 Å². The van der Waals surface area contributed by atoms with Crippen molar-refractivity contribution in [1.82, 2.24) is 4.98 Å². The summed E-state index contributed by atoms with van der Waals surface area (Å²) in [6.07, 6.45) is 1.84. The van der Waals surface area contributed by atoms with Gasteiger partial charge in [0, 0.05) is 17.0 Å². The van der Waals surface area contributed by atoms with Crippen LogP contribution in [0.2, 0.25) is 0 Å². The smallest absolute Gasteiger partial charge is 0.0916 e. The van der Waals surface area contributed by atoms with Gasteiger partial charge in [-0.05, 0) is 32.8 Å². The van der Waals surface area contributed by atoms with E-state index in [9.17, 15) is 5.11 Å². The fourth-order valence-electron chi connectivity index (χ4n) is 1.60. The van der Waals surface area contributed by atoms with E-state index in [0.717, 1.165) is 29.8 Å². The largest absolute Gasteiger partial charge is 0.385 e. The van der Waals surface area contributed by atoms with Gasteiger partial charge in [0.1, 0.15) is 0 Å². The van der Waals surface area contributed by atoms with Gasteiger partial charge in [-0.2, -0.15) is 0 Å². The van der Waals surface area contributed by atoms with Crippen LogP contribution in [0.5, 0.6) is 0 Å². The molecule has 2 rings (SSSR count). The molecule has 1 saturated carbocycles. The van der Waals surface area contributed by atoms with Gasteiger partial charge in [-0.15, -0.1) is 0 Å². The molecule has 0 spiro atoms. The molecule has 0 atom stereocenters. The van der Waals surface area contributed by atoms with Crippen LogP contribution in [-0.2, 0) is 5.60 Å². The Labute approximate surface area is 66.3 Å². The number of rotatable bonds is 1. The Balaban J connectivity index is 2.44. The highest BCUT2D eigenvalue weighted by molar-refractivity contribution is 5.33. The van der Waals surface area contributed by atoms with Crippen molar-refractivity contribution in [2.24, 2.45) is 0 Å². The molecule has 0 radical (unpaired) electrons. The molecule has 1 aliphatic carbocycles. The van der Waals surface area contributed by atoms with Crippen LogP contribution in [0.4, 0.5) is 0 Å². The average molecular weight is 151 g/mol. The zero-order valence-electron chi connectivity index (χ0n) is 6.94. The molecule has 0 aromatic carbocycles. The third-order valence-corrected chi connectivity index (χ3v) is 2.37. The van der Waals surface area contributed by atoms with E-state index >= 15 is 0 Å². The third-order valence-electron chi connectivity index (χ3n) is 2.37. The van der Waals surface area contributed by atoms with E-state index in [1.54, 1.807) is 0 Å². The number of H-pyrrole nitrogens is 1. The molecule has 2 heteroatoms. The second-order valence-corrected chi connectivity index (χ2v) is 3.52. The third kappa shape index (κ3) is 0.979. The maximum Gasteiger partial charge on any atom is 0.0916 e. The van der Waals surface area contributed by atoms with Crippen LogP contribution in [0.1, 0.15) is 29.8 Å². The summed E-state index contributed by atoms with van der Waals surface area (Å²) in [5, 5.41) is 9.77. The molecule has 1 aliphatic rings. The second kappa shape index (κ2) is 1.89. The van der Waals surface area contributed by atoms with Gasteiger partial charge in [0.2, 0.25) is 0 Å². The van der Waals surface area contributed by atoms with Gasteiger partial charge in [-0.25, -0.2) is 0 Å². The summed E-state index contributed by atoms with van der Waals surface area (Å²) < 4.78 is 0. The number of hydrogen-bond acceptors (Lipinski definition) is 1. The molecule has 0 unspecified atom stereocenters. The minimum Gasteiger partial charge on any atom is -0.385 e. The second-order valence-electron chi connectivity index (χ2n) is 3.52. The lowest BCUT2D eigenvalue weighted by molar-refractivity contribution is 0.151. The molecule has 60 valence electrons. The highest BCUT2D eigenvalue weighted by Crippen LogP contribution is 2.46. The SMILES string of the molecule is Cc1cc(C2(O)CC2)c(C)[nH]1. The minimum absolute atomic E-state index is 0.477. The Bertz CT molecular complexity index is 284. The maximum atomic E-state index is 9.77. The van der Waals surface area contributed by atoms with Crippen LogP contribution in [-0.4, -0.2) is 10.1 Å². The van der Waals surface area contributed by atoms with Crippen molar-refractivity contribution < 1.29 is 5.11 Å². The molecule has 1 aromatic rings. The van der Waals surface area contributed by atoms with Gasteiger partial charge in [0.15, 0.2) is 0 Å². The van der Waals surface area contributed by atoms with Gasteiger partial charge in [0.05, 0.1) is 5.60 Å². The Hall–Kier alpha value is -0.760. The van der Waals surface area contributed by atoms with E-state index in [1.165, 1.54) is 0 Å². The van der Waals surface area contributed by atoms with E-state index in [4.69, 9.17) is 0 Å². The fourth-order valence-corrected chi connectivity index (χ4v) is 1.60. The highest BCUT2D eigenvalue weighted by Gasteiger charge is 2.43. The first kappa shape index (κ1) is 6.92. The van der Waals surface area contributed by atoms with Crippen LogP contribution >= 0.6 is 0 Å². The topological polar surface area (TPSA) is 36.0 Å². The molecule has 2 nitrogen and oxygen atoms in total. The number of aliphatic hydroxyl groups is 1. The van der Waals surface area contributed by atoms with Gasteiger partial charge in [-0.3, -0.25) is 0 Å². The number of aromatic nitrogens is 1. The van der Waals surface area contributed by atoms with Crippen molar-refractivity contribution in [2.75, 3.05) is 0 Å². The Morgan fingerprint density at radius 1 is 1.45 bits per heavy atom. The number of nitrogens with one attached hydrogen (secondary N) is 1. The lowest BCUT2D eigenvalue weighted by atomic mass is 10.1. The van der Waals surface area contributed by atoms with Gasteiger partial charge < -0.3 is 10.1 Å². The number of aryl methyl sites for hydroxylation is 2. The first-order valence-corrected chi connectivity index (χ1v) is 4.01. The first-order valence-electron chi connectivity index (χ1n) is 4.01. The zero-order valence-corrected chi connectivity index (χ0v) is 6.94. The molecular weight excluding hydrogens is 138 g/mol. The maximum absolute atomic E-state index is 9.77. The summed E-state index contributed by atoms with van der Waals surface area (Å²) in [5.74, 6) is 0. The molecule has 1 fully saturated rings. The lowest BCUT2D eigenvalue weighted by Crippen LogP contribution is -2.03. The van der Waals surface area contributed by atoms with Crippen molar-refractivity contribution in [3.05, 3.63) is 23.0 Å². The summed E-state index contributed by atoms with van der Waals surface area (Å²) in [7, 11) is 0. The van der Waals surface area contributed by atoms with E-state index < -0.39 is 5.60 Å². The lowest BCUT2D eigenvalue weighted by Gasteiger charge is -2.04. The Morgan fingerprint density at radius 2 is 2.09 bits per heavy atom. The van der Waals surface area contributed by atoms with Crippen molar-refractivity contribution in [1.29, 1.82) is 0 Å². The Morgan fingerprint density at radius 3 is 2.45 bits per heavy atom. The van der Waals surface area contributed by atoms with E-state index in [-0.39, 0.29) is 0 Å². The van der Waals surface area contributed by atoms with Crippen LogP contribution in [0.25, 0.3) is 0 Å². The molecule has 0 aliphatic heterocycles. The molecule has 0 saturated heterocycles. The van der Waals surface area contributed by atoms with Crippen molar-refractivity contribution in [3.63, 3.8) is 0 Å². The first-order chi connectivity index (χ1) is 5.12. The molecule has 2 N–H and O–H groups in total. The molecule has 1 aromatic heterocycles. The molecule has 11 heavy (non-hydrogen) atoms. The summed E-state index contributed by atoms with van der Waals surface area (Å²) in [6.45, 7) is 4.03.